The number of nitrogens with zero attached hydrogens (tertiary/aromatic N) is 1. The van der Waals surface area contributed by atoms with Gasteiger partial charge in [-0.05, 0) is 30.3 Å². The van der Waals surface area contributed by atoms with Crippen molar-refractivity contribution in [3.63, 3.8) is 0 Å². The van der Waals surface area contributed by atoms with Crippen LogP contribution in [0.1, 0.15) is 23.0 Å². The van der Waals surface area contributed by atoms with Crippen molar-refractivity contribution in [2.24, 2.45) is 0 Å². The van der Waals surface area contributed by atoms with E-state index in [1.807, 2.05) is 0 Å². The molecule has 0 atom stereocenters. The maximum absolute atomic E-state index is 12.4. The Balaban J connectivity index is 2.45. The minimum Gasteiger partial charge on any atom is -0.326 e. The van der Waals surface area contributed by atoms with Crippen molar-refractivity contribution >= 4 is 33.3 Å². The normalized spacial score (nSPS) is 10.0. The van der Waals surface area contributed by atoms with Crippen LogP contribution in [0, 0.1) is 0 Å². The van der Waals surface area contributed by atoms with Gasteiger partial charge in [0.05, 0.1) is 5.69 Å². The summed E-state index contributed by atoms with van der Waals surface area (Å²) in [6, 6.07) is 10.2. The standard InChI is InChI=1S/C14H11BrN2O2/c1-9(18)17-12-6-5-10(15)8-11(12)14(19)13-4-2-3-7-16-13/h2-8H,1H3,(H,17,18). The molecule has 0 fully saturated rings. The number of carbonyl (C=O) groups is 2. The Morgan fingerprint density at radius 3 is 2.63 bits per heavy atom. The number of pyridine rings is 1. The number of anilines is 1. The summed E-state index contributed by atoms with van der Waals surface area (Å²) >= 11 is 3.32. The molecule has 2 aromatic rings. The van der Waals surface area contributed by atoms with Crippen molar-refractivity contribution in [1.82, 2.24) is 4.98 Å². The molecule has 1 amide bonds. The topological polar surface area (TPSA) is 59.1 Å². The number of benzene rings is 1. The monoisotopic (exact) mass is 318 g/mol. The van der Waals surface area contributed by atoms with Crippen LogP contribution in [0.2, 0.25) is 0 Å². The average molecular weight is 319 g/mol. The van der Waals surface area contributed by atoms with Crippen LogP contribution in [0.4, 0.5) is 5.69 Å². The largest absolute Gasteiger partial charge is 0.326 e. The third-order valence-corrected chi connectivity index (χ3v) is 2.93. The van der Waals surface area contributed by atoms with Gasteiger partial charge in [-0.2, -0.15) is 0 Å². The van der Waals surface area contributed by atoms with Crippen molar-refractivity contribution in [2.75, 3.05) is 5.32 Å². The number of nitrogens with one attached hydrogen (secondary N) is 1. The number of hydrogen-bond acceptors (Lipinski definition) is 3. The minimum atomic E-state index is -0.231. The first-order valence-corrected chi connectivity index (χ1v) is 6.40. The van der Waals surface area contributed by atoms with E-state index < -0.39 is 0 Å². The fraction of sp³-hybridized carbons (Fsp3) is 0.0714. The van der Waals surface area contributed by atoms with Gasteiger partial charge < -0.3 is 5.32 Å². The molecule has 0 radical (unpaired) electrons. The first kappa shape index (κ1) is 13.4. The van der Waals surface area contributed by atoms with Crippen molar-refractivity contribution in [1.29, 1.82) is 0 Å². The fourth-order valence-corrected chi connectivity index (χ4v) is 2.00. The van der Waals surface area contributed by atoms with Gasteiger partial charge in [0.1, 0.15) is 5.69 Å². The van der Waals surface area contributed by atoms with Gasteiger partial charge in [-0.25, -0.2) is 0 Å². The molecule has 0 unspecified atom stereocenters. The van der Waals surface area contributed by atoms with Gasteiger partial charge in [-0.3, -0.25) is 14.6 Å². The highest BCUT2D eigenvalue weighted by Crippen LogP contribution is 2.23. The first-order chi connectivity index (χ1) is 9.08. The molecule has 96 valence electrons. The van der Waals surface area contributed by atoms with E-state index in [0.29, 0.717) is 16.9 Å². The molecule has 0 aliphatic carbocycles. The Kier molecular flexibility index (Phi) is 4.06. The molecule has 1 aromatic carbocycles. The van der Waals surface area contributed by atoms with E-state index in [1.165, 1.54) is 6.92 Å². The number of aromatic nitrogens is 1. The summed E-state index contributed by atoms with van der Waals surface area (Å²) in [4.78, 5) is 27.6. The Hall–Kier alpha value is -2.01. The average Bonchev–Trinajstić information content (AvgIpc) is 2.40. The van der Waals surface area contributed by atoms with Crippen LogP contribution in [0.5, 0.6) is 0 Å². The zero-order chi connectivity index (χ0) is 13.8. The molecule has 0 aliphatic rings. The smallest absolute Gasteiger partial charge is 0.221 e. The molecule has 0 saturated heterocycles. The number of halogens is 1. The highest BCUT2D eigenvalue weighted by atomic mass is 79.9. The van der Waals surface area contributed by atoms with Crippen molar-refractivity contribution < 1.29 is 9.59 Å². The SMILES string of the molecule is CC(=O)Nc1ccc(Br)cc1C(=O)c1ccccn1. The van der Waals surface area contributed by atoms with E-state index in [2.05, 4.69) is 26.2 Å². The van der Waals surface area contributed by atoms with Gasteiger partial charge in [0.15, 0.2) is 0 Å². The van der Waals surface area contributed by atoms with E-state index in [4.69, 9.17) is 0 Å². The van der Waals surface area contributed by atoms with Gasteiger partial charge in [-0.15, -0.1) is 0 Å². The van der Waals surface area contributed by atoms with Crippen molar-refractivity contribution in [2.45, 2.75) is 6.92 Å². The Morgan fingerprint density at radius 2 is 2.00 bits per heavy atom. The molecule has 1 N–H and O–H groups in total. The van der Waals surface area contributed by atoms with Gasteiger partial charge in [0, 0.05) is 23.2 Å². The van der Waals surface area contributed by atoms with Crippen molar-refractivity contribution in [3.05, 3.63) is 58.3 Å². The summed E-state index contributed by atoms with van der Waals surface area (Å²) in [5.74, 6) is -0.456. The molecule has 2 rings (SSSR count). The molecule has 1 heterocycles. The van der Waals surface area contributed by atoms with Crippen LogP contribution >= 0.6 is 15.9 Å². The quantitative estimate of drug-likeness (QED) is 0.885. The van der Waals surface area contributed by atoms with Crippen LogP contribution in [0.15, 0.2) is 47.1 Å². The Labute approximate surface area is 119 Å². The van der Waals surface area contributed by atoms with Crippen LogP contribution in [-0.4, -0.2) is 16.7 Å². The van der Waals surface area contributed by atoms with Gasteiger partial charge in [0.2, 0.25) is 11.7 Å². The third-order valence-electron chi connectivity index (χ3n) is 2.43. The minimum absolute atomic E-state index is 0.225. The lowest BCUT2D eigenvalue weighted by Crippen LogP contribution is -2.12. The molecule has 19 heavy (non-hydrogen) atoms. The second-order valence-electron chi connectivity index (χ2n) is 3.92. The molecular weight excluding hydrogens is 308 g/mol. The summed E-state index contributed by atoms with van der Waals surface area (Å²) in [5, 5.41) is 2.64. The van der Waals surface area contributed by atoms with Gasteiger partial charge in [-0.1, -0.05) is 22.0 Å². The summed E-state index contributed by atoms with van der Waals surface area (Å²) < 4.78 is 0.765. The number of ketones is 1. The van der Waals surface area contributed by atoms with E-state index in [1.54, 1.807) is 42.6 Å². The maximum atomic E-state index is 12.4. The fourth-order valence-electron chi connectivity index (χ4n) is 1.64. The van der Waals surface area contributed by atoms with E-state index >= 15 is 0 Å². The lowest BCUT2D eigenvalue weighted by atomic mass is 10.1. The number of rotatable bonds is 3. The van der Waals surface area contributed by atoms with Crippen molar-refractivity contribution in [3.8, 4) is 0 Å². The summed E-state index contributed by atoms with van der Waals surface area (Å²) in [6.45, 7) is 1.40. The van der Waals surface area contributed by atoms with Crippen LogP contribution in [-0.2, 0) is 4.79 Å². The summed E-state index contributed by atoms with van der Waals surface area (Å²) in [5.41, 5.74) is 1.22. The lowest BCUT2D eigenvalue weighted by Gasteiger charge is -2.09. The van der Waals surface area contributed by atoms with E-state index in [0.717, 1.165) is 4.47 Å². The molecule has 0 spiro atoms. The second kappa shape index (κ2) is 5.75. The van der Waals surface area contributed by atoms with Crippen LogP contribution < -0.4 is 5.32 Å². The first-order valence-electron chi connectivity index (χ1n) is 5.61. The summed E-state index contributed by atoms with van der Waals surface area (Å²) in [7, 11) is 0. The molecule has 0 bridgehead atoms. The number of hydrogen-bond donors (Lipinski definition) is 1. The highest BCUT2D eigenvalue weighted by Gasteiger charge is 2.15. The molecule has 0 aliphatic heterocycles. The zero-order valence-electron chi connectivity index (χ0n) is 10.2. The Bertz CT molecular complexity index is 627. The van der Waals surface area contributed by atoms with Crippen LogP contribution in [0.3, 0.4) is 0 Å². The van der Waals surface area contributed by atoms with E-state index in [-0.39, 0.29) is 11.7 Å². The number of carbonyl (C=O) groups excluding carboxylic acids is 2. The van der Waals surface area contributed by atoms with Gasteiger partial charge in [0.25, 0.3) is 0 Å². The third kappa shape index (κ3) is 3.26. The zero-order valence-corrected chi connectivity index (χ0v) is 11.8. The predicted molar refractivity (Wildman–Crippen MR) is 76.1 cm³/mol. The van der Waals surface area contributed by atoms with Gasteiger partial charge >= 0.3 is 0 Å². The molecule has 5 heteroatoms. The Morgan fingerprint density at radius 1 is 1.21 bits per heavy atom. The number of amides is 1. The highest BCUT2D eigenvalue weighted by molar-refractivity contribution is 9.10. The molecule has 1 aromatic heterocycles. The molecule has 0 saturated carbocycles. The predicted octanol–water partition coefficient (Wildman–Crippen LogP) is 3.03. The van der Waals surface area contributed by atoms with Crippen LogP contribution in [0.25, 0.3) is 0 Å². The molecular formula is C14H11BrN2O2. The lowest BCUT2D eigenvalue weighted by molar-refractivity contribution is -0.114. The summed E-state index contributed by atoms with van der Waals surface area (Å²) in [6.07, 6.45) is 1.56. The maximum Gasteiger partial charge on any atom is 0.221 e. The molecule has 4 nitrogen and oxygen atoms in total. The van der Waals surface area contributed by atoms with E-state index in [9.17, 15) is 9.59 Å². The second-order valence-corrected chi connectivity index (χ2v) is 4.83.